The van der Waals surface area contributed by atoms with Crippen LogP contribution in [0, 0.1) is 0 Å². The molecule has 0 aromatic carbocycles. The van der Waals surface area contributed by atoms with Crippen molar-refractivity contribution in [3.05, 3.63) is 0 Å². The maximum Gasteiger partial charge on any atom is 0.0462 e. The number of nitrogens with one attached hydrogen (secondary N) is 1. The van der Waals surface area contributed by atoms with Gasteiger partial charge in [0.05, 0.1) is 0 Å². The summed E-state index contributed by atoms with van der Waals surface area (Å²) in [6.07, 6.45) is 5.12. The average Bonchev–Trinajstić information content (AvgIpc) is 2.02. The molecule has 74 valence electrons. The number of hydrogen-bond acceptors (Lipinski definition) is 2. The molecule has 0 spiro atoms. The van der Waals surface area contributed by atoms with Gasteiger partial charge in [-0.2, -0.15) is 0 Å². The van der Waals surface area contributed by atoms with Gasteiger partial charge in [-0.15, -0.1) is 0 Å². The van der Waals surface area contributed by atoms with Gasteiger partial charge in [-0.05, 0) is 19.4 Å². The Hall–Kier alpha value is -0.0800. The number of rotatable bonds is 8. The first-order valence-corrected chi connectivity index (χ1v) is 4.99. The van der Waals surface area contributed by atoms with E-state index in [0.29, 0.717) is 6.04 Å². The van der Waals surface area contributed by atoms with E-state index in [0.717, 1.165) is 13.2 Å². The highest BCUT2D eigenvalue weighted by molar-refractivity contribution is 4.52. The summed E-state index contributed by atoms with van der Waals surface area (Å²) in [5, 5.41) is 3.41. The molecule has 0 aliphatic rings. The monoisotopic (exact) mass is 173 g/mol. The molecule has 0 amide bonds. The molecule has 2 nitrogen and oxygen atoms in total. The van der Waals surface area contributed by atoms with E-state index in [1.165, 1.54) is 25.7 Å². The molecule has 0 fully saturated rings. The highest BCUT2D eigenvalue weighted by Crippen LogP contribution is 1.98. The summed E-state index contributed by atoms with van der Waals surface area (Å²) in [6, 6.07) is 0.629. The van der Waals surface area contributed by atoms with Crippen LogP contribution in [0.3, 0.4) is 0 Å². The zero-order valence-electron chi connectivity index (χ0n) is 8.73. The van der Waals surface area contributed by atoms with Crippen LogP contribution in [-0.2, 0) is 4.74 Å². The predicted octanol–water partition coefficient (Wildman–Crippen LogP) is 2.19. The van der Waals surface area contributed by atoms with Crippen molar-refractivity contribution in [2.75, 3.05) is 20.3 Å². The van der Waals surface area contributed by atoms with Crippen molar-refractivity contribution in [2.45, 2.75) is 45.6 Å². The van der Waals surface area contributed by atoms with Crippen LogP contribution in [0.2, 0.25) is 0 Å². The van der Waals surface area contributed by atoms with Crippen LogP contribution < -0.4 is 5.32 Å². The van der Waals surface area contributed by atoms with Crippen molar-refractivity contribution in [3.63, 3.8) is 0 Å². The van der Waals surface area contributed by atoms with E-state index in [2.05, 4.69) is 19.2 Å². The Labute approximate surface area is 76.7 Å². The van der Waals surface area contributed by atoms with Gasteiger partial charge in [0.25, 0.3) is 0 Å². The van der Waals surface area contributed by atoms with Gasteiger partial charge in [-0.3, -0.25) is 0 Å². The molecule has 0 radical (unpaired) electrons. The van der Waals surface area contributed by atoms with Gasteiger partial charge < -0.3 is 10.1 Å². The lowest BCUT2D eigenvalue weighted by atomic mass is 10.2. The Bertz CT molecular complexity index is 83.9. The minimum Gasteiger partial charge on any atom is -0.385 e. The Morgan fingerprint density at radius 2 is 1.75 bits per heavy atom. The first-order chi connectivity index (χ1) is 5.77. The van der Waals surface area contributed by atoms with Crippen LogP contribution >= 0.6 is 0 Å². The van der Waals surface area contributed by atoms with Crippen LogP contribution in [0.25, 0.3) is 0 Å². The fraction of sp³-hybridized carbons (Fsp3) is 1.00. The van der Waals surface area contributed by atoms with Crippen LogP contribution in [0.5, 0.6) is 0 Å². The summed E-state index contributed by atoms with van der Waals surface area (Å²) in [4.78, 5) is 0. The second-order valence-corrected chi connectivity index (χ2v) is 3.52. The zero-order chi connectivity index (χ0) is 9.23. The number of methoxy groups -OCH3 is 1. The first-order valence-electron chi connectivity index (χ1n) is 4.99. The average molecular weight is 173 g/mol. The molecule has 0 rings (SSSR count). The van der Waals surface area contributed by atoms with Crippen molar-refractivity contribution >= 4 is 0 Å². The van der Waals surface area contributed by atoms with E-state index in [1.54, 1.807) is 7.11 Å². The molecule has 0 aromatic heterocycles. The minimum absolute atomic E-state index is 0.629. The standard InChI is InChI=1S/C10H23NO/c1-10(2)11-8-6-4-5-7-9-12-3/h10-11H,4-9H2,1-3H3. The highest BCUT2D eigenvalue weighted by Gasteiger charge is 1.92. The third-order valence-electron chi connectivity index (χ3n) is 1.83. The van der Waals surface area contributed by atoms with E-state index in [-0.39, 0.29) is 0 Å². The summed E-state index contributed by atoms with van der Waals surface area (Å²) in [5.74, 6) is 0. The summed E-state index contributed by atoms with van der Waals surface area (Å²) in [7, 11) is 1.76. The van der Waals surface area contributed by atoms with Gasteiger partial charge >= 0.3 is 0 Å². The normalized spacial score (nSPS) is 11.0. The molecule has 0 saturated carbocycles. The van der Waals surface area contributed by atoms with Crippen LogP contribution in [-0.4, -0.2) is 26.3 Å². The molecule has 1 N–H and O–H groups in total. The lowest BCUT2D eigenvalue weighted by Gasteiger charge is -2.06. The Kier molecular flexibility index (Phi) is 8.95. The van der Waals surface area contributed by atoms with Gasteiger partial charge in [-0.25, -0.2) is 0 Å². The molecule has 2 heteroatoms. The summed E-state index contributed by atoms with van der Waals surface area (Å²) in [5.41, 5.74) is 0. The molecule has 0 unspecified atom stereocenters. The van der Waals surface area contributed by atoms with E-state index in [1.807, 2.05) is 0 Å². The summed E-state index contributed by atoms with van der Waals surface area (Å²) >= 11 is 0. The summed E-state index contributed by atoms with van der Waals surface area (Å²) < 4.78 is 4.97. The second kappa shape index (κ2) is 9.01. The Morgan fingerprint density at radius 1 is 1.08 bits per heavy atom. The Balaban J connectivity index is 2.82. The Morgan fingerprint density at radius 3 is 2.33 bits per heavy atom. The van der Waals surface area contributed by atoms with Crippen LogP contribution in [0.1, 0.15) is 39.5 Å². The topological polar surface area (TPSA) is 21.3 Å². The maximum atomic E-state index is 4.97. The third kappa shape index (κ3) is 9.92. The van der Waals surface area contributed by atoms with Gasteiger partial charge in [0, 0.05) is 19.8 Å². The molecule has 0 atom stereocenters. The number of ether oxygens (including phenoxy) is 1. The second-order valence-electron chi connectivity index (χ2n) is 3.52. The zero-order valence-corrected chi connectivity index (χ0v) is 8.73. The SMILES string of the molecule is COCCCCCCNC(C)C. The van der Waals surface area contributed by atoms with Crippen LogP contribution in [0.15, 0.2) is 0 Å². The summed E-state index contributed by atoms with van der Waals surface area (Å²) in [6.45, 7) is 6.44. The highest BCUT2D eigenvalue weighted by atomic mass is 16.5. The largest absolute Gasteiger partial charge is 0.385 e. The van der Waals surface area contributed by atoms with E-state index in [4.69, 9.17) is 4.74 Å². The van der Waals surface area contributed by atoms with Crippen molar-refractivity contribution < 1.29 is 4.74 Å². The fourth-order valence-corrected chi connectivity index (χ4v) is 1.12. The molecule has 0 aliphatic carbocycles. The number of hydrogen-bond donors (Lipinski definition) is 1. The molecule has 0 aliphatic heterocycles. The van der Waals surface area contributed by atoms with Crippen molar-refractivity contribution in [3.8, 4) is 0 Å². The van der Waals surface area contributed by atoms with E-state index >= 15 is 0 Å². The molecule has 0 aromatic rings. The molecule has 0 bridgehead atoms. The lowest BCUT2D eigenvalue weighted by molar-refractivity contribution is 0.192. The maximum absolute atomic E-state index is 4.97. The lowest BCUT2D eigenvalue weighted by Crippen LogP contribution is -2.23. The van der Waals surface area contributed by atoms with Crippen molar-refractivity contribution in [1.82, 2.24) is 5.32 Å². The van der Waals surface area contributed by atoms with Crippen molar-refractivity contribution in [2.24, 2.45) is 0 Å². The quantitative estimate of drug-likeness (QED) is 0.568. The van der Waals surface area contributed by atoms with Crippen LogP contribution in [0.4, 0.5) is 0 Å². The predicted molar refractivity (Wildman–Crippen MR) is 53.5 cm³/mol. The fourth-order valence-electron chi connectivity index (χ4n) is 1.12. The van der Waals surface area contributed by atoms with Gasteiger partial charge in [-0.1, -0.05) is 26.7 Å². The van der Waals surface area contributed by atoms with E-state index < -0.39 is 0 Å². The minimum atomic E-state index is 0.629. The molecule has 0 heterocycles. The molecular formula is C10H23NO. The number of unbranched alkanes of at least 4 members (excludes halogenated alkanes) is 3. The third-order valence-corrected chi connectivity index (χ3v) is 1.83. The van der Waals surface area contributed by atoms with Gasteiger partial charge in [0.1, 0.15) is 0 Å². The van der Waals surface area contributed by atoms with Crippen molar-refractivity contribution in [1.29, 1.82) is 0 Å². The van der Waals surface area contributed by atoms with Gasteiger partial charge in [0.2, 0.25) is 0 Å². The smallest absolute Gasteiger partial charge is 0.0462 e. The first kappa shape index (κ1) is 11.9. The molecular weight excluding hydrogens is 150 g/mol. The molecule has 0 saturated heterocycles. The van der Waals surface area contributed by atoms with E-state index in [9.17, 15) is 0 Å². The van der Waals surface area contributed by atoms with Gasteiger partial charge in [0.15, 0.2) is 0 Å². The molecule has 12 heavy (non-hydrogen) atoms.